The fourth-order valence-electron chi connectivity index (χ4n) is 1.03. The van der Waals surface area contributed by atoms with Crippen LogP contribution in [-0.4, -0.2) is 29.6 Å². The van der Waals surface area contributed by atoms with Crippen LogP contribution in [0.5, 0.6) is 0 Å². The molecule has 0 aliphatic carbocycles. The van der Waals surface area contributed by atoms with E-state index in [1.165, 1.54) is 0 Å². The Morgan fingerprint density at radius 2 is 1.89 bits per heavy atom. The quantitative estimate of drug-likeness (QED) is 0.522. The summed E-state index contributed by atoms with van der Waals surface area (Å²) in [5, 5.41) is 8.94. The molecule has 1 saturated heterocycles. The molecule has 1 heterocycles. The van der Waals surface area contributed by atoms with E-state index in [2.05, 4.69) is 0 Å². The van der Waals surface area contributed by atoms with Crippen LogP contribution in [0.25, 0.3) is 0 Å². The Morgan fingerprint density at radius 3 is 2.00 bits per heavy atom. The average Bonchev–Trinajstić information content (AvgIpc) is 1.98. The first-order valence-electron chi connectivity index (χ1n) is 3.10. The van der Waals surface area contributed by atoms with Crippen LogP contribution in [0.4, 0.5) is 4.39 Å². The van der Waals surface area contributed by atoms with Crippen molar-refractivity contribution >= 4 is 0 Å². The molecule has 0 amide bonds. The summed E-state index contributed by atoms with van der Waals surface area (Å²) < 4.78 is 17.5. The van der Waals surface area contributed by atoms with Crippen LogP contribution in [-0.2, 0) is 4.74 Å². The van der Waals surface area contributed by atoms with Gasteiger partial charge in [0, 0.05) is 0 Å². The lowest BCUT2D eigenvalue weighted by molar-refractivity contribution is 0.0287. The number of hydrogen-bond donors (Lipinski definition) is 1. The Morgan fingerprint density at radius 1 is 1.33 bits per heavy atom. The third-order valence-electron chi connectivity index (χ3n) is 1.68. The first kappa shape index (κ1) is 6.96. The summed E-state index contributed by atoms with van der Waals surface area (Å²) >= 11 is 0. The second-order valence-corrected chi connectivity index (χ2v) is 2.48. The van der Waals surface area contributed by atoms with E-state index in [0.29, 0.717) is 0 Å². The van der Waals surface area contributed by atoms with E-state index in [4.69, 9.17) is 9.84 Å². The molecule has 0 radical (unpaired) electrons. The second-order valence-electron chi connectivity index (χ2n) is 2.48. The highest BCUT2D eigenvalue weighted by atomic mass is 19.1. The highest BCUT2D eigenvalue weighted by Crippen LogP contribution is 2.22. The molecule has 0 unspecified atom stereocenters. The summed E-state index contributed by atoms with van der Waals surface area (Å²) in [6.07, 6.45) is -2.94. The minimum Gasteiger partial charge on any atom is -0.387 e. The zero-order valence-corrected chi connectivity index (χ0v) is 5.54. The molecule has 0 aromatic carbocycles. The molecule has 0 aromatic rings. The van der Waals surface area contributed by atoms with Gasteiger partial charge in [0.25, 0.3) is 0 Å². The van der Waals surface area contributed by atoms with Crippen molar-refractivity contribution in [2.24, 2.45) is 0 Å². The third-order valence-corrected chi connectivity index (χ3v) is 1.68. The van der Waals surface area contributed by atoms with Gasteiger partial charge in [-0.25, -0.2) is 4.39 Å². The lowest BCUT2D eigenvalue weighted by Gasteiger charge is -2.05. The van der Waals surface area contributed by atoms with E-state index in [1.807, 2.05) is 0 Å². The van der Waals surface area contributed by atoms with Gasteiger partial charge in [-0.15, -0.1) is 0 Å². The van der Waals surface area contributed by atoms with Crippen molar-refractivity contribution in [3.8, 4) is 0 Å². The van der Waals surface area contributed by atoms with Gasteiger partial charge in [0.15, 0.2) is 6.17 Å². The fraction of sp³-hybridized carbons (Fsp3) is 1.00. The molecule has 2 nitrogen and oxygen atoms in total. The van der Waals surface area contributed by atoms with Crippen LogP contribution in [0.2, 0.25) is 0 Å². The average molecular weight is 134 g/mol. The Balaban J connectivity index is 2.54. The van der Waals surface area contributed by atoms with Crippen molar-refractivity contribution < 1.29 is 14.2 Å². The number of aliphatic hydroxyl groups is 1. The van der Waals surface area contributed by atoms with Crippen LogP contribution in [0.3, 0.4) is 0 Å². The Labute approximate surface area is 53.6 Å². The summed E-state index contributed by atoms with van der Waals surface area (Å²) in [4.78, 5) is 0. The monoisotopic (exact) mass is 134 g/mol. The topological polar surface area (TPSA) is 29.5 Å². The van der Waals surface area contributed by atoms with Gasteiger partial charge >= 0.3 is 0 Å². The summed E-state index contributed by atoms with van der Waals surface area (Å²) in [5.41, 5.74) is 0. The fourth-order valence-corrected chi connectivity index (χ4v) is 1.03. The third kappa shape index (κ3) is 1.07. The molecule has 9 heavy (non-hydrogen) atoms. The van der Waals surface area contributed by atoms with Gasteiger partial charge in [0.2, 0.25) is 0 Å². The zero-order chi connectivity index (χ0) is 7.02. The van der Waals surface area contributed by atoms with E-state index in [0.717, 1.165) is 0 Å². The summed E-state index contributed by atoms with van der Waals surface area (Å²) in [6.45, 7) is 3.29. The molecule has 0 bridgehead atoms. The molecule has 0 saturated carbocycles. The molecule has 1 fully saturated rings. The Kier molecular flexibility index (Phi) is 1.73. The molecule has 1 rings (SSSR count). The summed E-state index contributed by atoms with van der Waals surface area (Å²) in [7, 11) is 0. The maximum Gasteiger partial charge on any atom is 0.154 e. The number of hydrogen-bond acceptors (Lipinski definition) is 2. The van der Waals surface area contributed by atoms with E-state index in [9.17, 15) is 4.39 Å². The highest BCUT2D eigenvalue weighted by molar-refractivity contribution is 4.85. The van der Waals surface area contributed by atoms with Crippen LogP contribution in [0.1, 0.15) is 13.8 Å². The largest absolute Gasteiger partial charge is 0.387 e. The Hall–Kier alpha value is -0.150. The predicted molar refractivity (Wildman–Crippen MR) is 30.9 cm³/mol. The maximum atomic E-state index is 12.6. The standard InChI is InChI=1S/C6H11FO2/c1-3-5(7)6(8)4(2)9-3/h3-6,8H,1-2H3/t3-,4+,5-,6+/m0/s1. The smallest absolute Gasteiger partial charge is 0.154 e. The zero-order valence-electron chi connectivity index (χ0n) is 5.54. The van der Waals surface area contributed by atoms with Crippen LogP contribution in [0.15, 0.2) is 0 Å². The SMILES string of the molecule is C[C@@H]1O[C@H](C)[C@@H](O)[C@H]1F. The summed E-state index contributed by atoms with van der Waals surface area (Å²) in [6, 6.07) is 0. The maximum absolute atomic E-state index is 12.6. The van der Waals surface area contributed by atoms with Crippen molar-refractivity contribution in [2.75, 3.05) is 0 Å². The Bertz CT molecular complexity index is 95.2. The van der Waals surface area contributed by atoms with Crippen LogP contribution in [0, 0.1) is 0 Å². The van der Waals surface area contributed by atoms with Gasteiger partial charge in [-0.2, -0.15) is 0 Å². The van der Waals surface area contributed by atoms with Crippen molar-refractivity contribution in [1.82, 2.24) is 0 Å². The molecule has 0 aromatic heterocycles. The predicted octanol–water partition coefficient (Wildman–Crippen LogP) is 0.493. The van der Waals surface area contributed by atoms with Crippen LogP contribution < -0.4 is 0 Å². The second kappa shape index (κ2) is 2.23. The first-order chi connectivity index (χ1) is 4.13. The minimum atomic E-state index is -1.21. The first-order valence-corrected chi connectivity index (χ1v) is 3.10. The van der Waals surface area contributed by atoms with E-state index in [-0.39, 0.29) is 6.10 Å². The lowest BCUT2D eigenvalue weighted by Crippen LogP contribution is -2.26. The van der Waals surface area contributed by atoms with Gasteiger partial charge in [-0.1, -0.05) is 0 Å². The molecule has 1 N–H and O–H groups in total. The molecular weight excluding hydrogens is 123 g/mol. The van der Waals surface area contributed by atoms with Crippen molar-refractivity contribution in [1.29, 1.82) is 0 Å². The molecule has 1 aliphatic heterocycles. The van der Waals surface area contributed by atoms with E-state index < -0.39 is 18.4 Å². The van der Waals surface area contributed by atoms with Crippen molar-refractivity contribution in [3.63, 3.8) is 0 Å². The molecule has 4 atom stereocenters. The summed E-state index contributed by atoms with van der Waals surface area (Å²) in [5.74, 6) is 0. The van der Waals surface area contributed by atoms with Gasteiger partial charge in [0.05, 0.1) is 12.2 Å². The number of rotatable bonds is 0. The molecule has 0 spiro atoms. The van der Waals surface area contributed by atoms with E-state index >= 15 is 0 Å². The lowest BCUT2D eigenvalue weighted by atomic mass is 10.1. The van der Waals surface area contributed by atoms with Crippen molar-refractivity contribution in [2.45, 2.75) is 38.3 Å². The number of halogens is 1. The van der Waals surface area contributed by atoms with Crippen LogP contribution >= 0.6 is 0 Å². The van der Waals surface area contributed by atoms with Gasteiger partial charge in [0.1, 0.15) is 6.10 Å². The molecule has 3 heteroatoms. The number of aliphatic hydroxyl groups excluding tert-OH is 1. The van der Waals surface area contributed by atoms with E-state index in [1.54, 1.807) is 13.8 Å². The minimum absolute atomic E-state index is 0.352. The van der Waals surface area contributed by atoms with Crippen molar-refractivity contribution in [3.05, 3.63) is 0 Å². The molecule has 1 aliphatic rings. The highest BCUT2D eigenvalue weighted by Gasteiger charge is 2.38. The number of alkyl halides is 1. The van der Waals surface area contributed by atoms with Gasteiger partial charge in [-0.05, 0) is 13.8 Å². The number of ether oxygens (including phenoxy) is 1. The molecule has 54 valence electrons. The molecular formula is C6H11FO2. The normalized spacial score (nSPS) is 52.0. The van der Waals surface area contributed by atoms with Gasteiger partial charge < -0.3 is 9.84 Å². The van der Waals surface area contributed by atoms with Gasteiger partial charge in [-0.3, -0.25) is 0 Å².